The minimum Gasteiger partial charge on any atom is -0.313 e. The van der Waals surface area contributed by atoms with Gasteiger partial charge in [-0.15, -0.1) is 0 Å². The number of carbonyl (C=O) groups excluding carboxylic acids is 1. The van der Waals surface area contributed by atoms with E-state index in [0.29, 0.717) is 5.56 Å². The van der Waals surface area contributed by atoms with Gasteiger partial charge in [0.2, 0.25) is 0 Å². The molecule has 0 unspecified atom stereocenters. The standard InChI is InChI=1S/C9H9NO/c10-7-6-9(11)8-4-2-1-3-5-8/h1-5,7,10H,6H2. The maximum atomic E-state index is 11.1. The van der Waals surface area contributed by atoms with E-state index in [1.165, 1.54) is 0 Å². The van der Waals surface area contributed by atoms with E-state index >= 15 is 0 Å². The van der Waals surface area contributed by atoms with Crippen LogP contribution in [0.4, 0.5) is 0 Å². The Bertz CT molecular complexity index is 254. The van der Waals surface area contributed by atoms with Crippen LogP contribution in [0.15, 0.2) is 30.3 Å². The summed E-state index contributed by atoms with van der Waals surface area (Å²) in [5.41, 5.74) is 0.677. The van der Waals surface area contributed by atoms with Crippen molar-refractivity contribution in [2.45, 2.75) is 6.42 Å². The Morgan fingerprint density at radius 2 is 2.00 bits per heavy atom. The van der Waals surface area contributed by atoms with E-state index < -0.39 is 0 Å². The van der Waals surface area contributed by atoms with Gasteiger partial charge in [0.25, 0.3) is 0 Å². The Balaban J connectivity index is 2.77. The zero-order valence-corrected chi connectivity index (χ0v) is 6.08. The minimum atomic E-state index is 0.000556. The van der Waals surface area contributed by atoms with Gasteiger partial charge in [-0.05, 0) is 0 Å². The van der Waals surface area contributed by atoms with Crippen molar-refractivity contribution in [1.29, 1.82) is 5.41 Å². The monoisotopic (exact) mass is 147 g/mol. The third-order valence-electron chi connectivity index (χ3n) is 1.38. The molecule has 1 N–H and O–H groups in total. The van der Waals surface area contributed by atoms with E-state index in [-0.39, 0.29) is 12.2 Å². The summed E-state index contributed by atoms with van der Waals surface area (Å²) >= 11 is 0. The zero-order valence-electron chi connectivity index (χ0n) is 6.08. The number of hydrogen-bond donors (Lipinski definition) is 1. The second-order valence-corrected chi connectivity index (χ2v) is 2.20. The molecule has 0 aliphatic carbocycles. The van der Waals surface area contributed by atoms with Crippen molar-refractivity contribution in [3.63, 3.8) is 0 Å². The van der Waals surface area contributed by atoms with E-state index in [1.807, 2.05) is 18.2 Å². The third kappa shape index (κ3) is 2.00. The lowest BCUT2D eigenvalue weighted by atomic mass is 10.1. The van der Waals surface area contributed by atoms with Crippen molar-refractivity contribution in [3.8, 4) is 0 Å². The number of Topliss-reactive ketones (excluding diaryl/α,β-unsaturated/α-hetero) is 1. The molecule has 0 atom stereocenters. The van der Waals surface area contributed by atoms with Gasteiger partial charge < -0.3 is 5.41 Å². The normalized spacial score (nSPS) is 9.09. The summed E-state index contributed by atoms with van der Waals surface area (Å²) in [7, 11) is 0. The molecule has 0 bridgehead atoms. The Morgan fingerprint density at radius 1 is 1.36 bits per heavy atom. The average Bonchev–Trinajstić information content (AvgIpc) is 2.07. The Hall–Kier alpha value is -1.44. The predicted octanol–water partition coefficient (Wildman–Crippen LogP) is 1.91. The third-order valence-corrected chi connectivity index (χ3v) is 1.38. The molecule has 0 fully saturated rings. The van der Waals surface area contributed by atoms with Crippen LogP contribution in [-0.2, 0) is 0 Å². The minimum absolute atomic E-state index is 0.000556. The average molecular weight is 147 g/mol. The van der Waals surface area contributed by atoms with Crippen molar-refractivity contribution in [2.75, 3.05) is 0 Å². The molecule has 1 aromatic carbocycles. The highest BCUT2D eigenvalue weighted by molar-refractivity contribution is 6.02. The first-order chi connectivity index (χ1) is 5.34. The van der Waals surface area contributed by atoms with Crippen molar-refractivity contribution < 1.29 is 4.79 Å². The molecule has 2 heteroatoms. The Labute approximate surface area is 65.4 Å². The fraction of sp³-hybridized carbons (Fsp3) is 0.111. The summed E-state index contributed by atoms with van der Waals surface area (Å²) in [5, 5.41) is 6.74. The van der Waals surface area contributed by atoms with E-state index in [0.717, 1.165) is 6.21 Å². The number of ketones is 1. The van der Waals surface area contributed by atoms with E-state index in [1.54, 1.807) is 12.1 Å². The van der Waals surface area contributed by atoms with Crippen LogP contribution in [0.25, 0.3) is 0 Å². The van der Waals surface area contributed by atoms with Gasteiger partial charge in [0, 0.05) is 18.2 Å². The summed E-state index contributed by atoms with van der Waals surface area (Å²) in [6.45, 7) is 0. The van der Waals surface area contributed by atoms with Gasteiger partial charge in [-0.2, -0.15) is 0 Å². The summed E-state index contributed by atoms with van der Waals surface area (Å²) in [4.78, 5) is 11.1. The second-order valence-electron chi connectivity index (χ2n) is 2.20. The summed E-state index contributed by atoms with van der Waals surface area (Å²) in [6, 6.07) is 9.01. The molecule has 0 spiro atoms. The SMILES string of the molecule is N=CCC(=O)c1ccccc1. The molecule has 0 aliphatic heterocycles. The number of nitrogens with one attached hydrogen (secondary N) is 1. The summed E-state index contributed by atoms with van der Waals surface area (Å²) in [6.07, 6.45) is 1.32. The molecule has 56 valence electrons. The predicted molar refractivity (Wildman–Crippen MR) is 44.2 cm³/mol. The molecule has 0 heterocycles. The highest BCUT2D eigenvalue weighted by Gasteiger charge is 2.00. The fourth-order valence-corrected chi connectivity index (χ4v) is 0.835. The van der Waals surface area contributed by atoms with Gasteiger partial charge in [-0.3, -0.25) is 4.79 Å². The molecule has 0 aliphatic rings. The molecule has 0 amide bonds. The molecule has 11 heavy (non-hydrogen) atoms. The van der Waals surface area contributed by atoms with Crippen LogP contribution in [0.3, 0.4) is 0 Å². The van der Waals surface area contributed by atoms with E-state index in [4.69, 9.17) is 5.41 Å². The van der Waals surface area contributed by atoms with Crippen molar-refractivity contribution >= 4 is 12.0 Å². The highest BCUT2D eigenvalue weighted by atomic mass is 16.1. The smallest absolute Gasteiger partial charge is 0.168 e. The Morgan fingerprint density at radius 3 is 2.55 bits per heavy atom. The van der Waals surface area contributed by atoms with Crippen LogP contribution in [-0.4, -0.2) is 12.0 Å². The van der Waals surface area contributed by atoms with Crippen LogP contribution in [0.2, 0.25) is 0 Å². The molecule has 0 radical (unpaired) electrons. The van der Waals surface area contributed by atoms with Gasteiger partial charge >= 0.3 is 0 Å². The number of hydrogen-bond acceptors (Lipinski definition) is 2. The molecule has 1 aromatic rings. The van der Waals surface area contributed by atoms with E-state index in [2.05, 4.69) is 0 Å². The van der Waals surface area contributed by atoms with Crippen molar-refractivity contribution in [1.82, 2.24) is 0 Å². The first-order valence-corrected chi connectivity index (χ1v) is 3.42. The van der Waals surface area contributed by atoms with Gasteiger partial charge in [-0.1, -0.05) is 30.3 Å². The van der Waals surface area contributed by atoms with Crippen LogP contribution < -0.4 is 0 Å². The second kappa shape index (κ2) is 3.66. The van der Waals surface area contributed by atoms with Crippen LogP contribution >= 0.6 is 0 Å². The largest absolute Gasteiger partial charge is 0.313 e. The quantitative estimate of drug-likeness (QED) is 0.515. The number of carbonyl (C=O) groups is 1. The number of rotatable bonds is 3. The summed E-state index contributed by atoms with van der Waals surface area (Å²) < 4.78 is 0. The first-order valence-electron chi connectivity index (χ1n) is 3.42. The molecular weight excluding hydrogens is 138 g/mol. The molecule has 0 saturated heterocycles. The van der Waals surface area contributed by atoms with Gasteiger partial charge in [0.15, 0.2) is 5.78 Å². The van der Waals surface area contributed by atoms with Crippen LogP contribution in [0, 0.1) is 5.41 Å². The lowest BCUT2D eigenvalue weighted by Gasteiger charge is -1.93. The van der Waals surface area contributed by atoms with Gasteiger partial charge in [-0.25, -0.2) is 0 Å². The van der Waals surface area contributed by atoms with Crippen LogP contribution in [0.1, 0.15) is 16.8 Å². The molecule has 1 rings (SSSR count). The van der Waals surface area contributed by atoms with Crippen molar-refractivity contribution in [2.24, 2.45) is 0 Å². The summed E-state index contributed by atoms with van der Waals surface area (Å²) in [5.74, 6) is 0.000556. The highest BCUT2D eigenvalue weighted by Crippen LogP contribution is 2.00. The molecule has 0 saturated carbocycles. The van der Waals surface area contributed by atoms with Gasteiger partial charge in [0.1, 0.15) is 0 Å². The molecular formula is C9H9NO. The zero-order chi connectivity index (χ0) is 8.10. The topological polar surface area (TPSA) is 40.9 Å². The van der Waals surface area contributed by atoms with Crippen molar-refractivity contribution in [3.05, 3.63) is 35.9 Å². The maximum absolute atomic E-state index is 11.1. The number of benzene rings is 1. The maximum Gasteiger partial charge on any atom is 0.168 e. The first kappa shape index (κ1) is 7.66. The fourth-order valence-electron chi connectivity index (χ4n) is 0.835. The van der Waals surface area contributed by atoms with E-state index in [9.17, 15) is 4.79 Å². The Kier molecular flexibility index (Phi) is 2.55. The lowest BCUT2D eigenvalue weighted by Crippen LogP contribution is -1.97. The molecule has 0 aromatic heterocycles. The molecule has 2 nitrogen and oxygen atoms in total. The van der Waals surface area contributed by atoms with Crippen LogP contribution in [0.5, 0.6) is 0 Å². The van der Waals surface area contributed by atoms with Gasteiger partial charge in [0.05, 0.1) is 0 Å². The lowest BCUT2D eigenvalue weighted by molar-refractivity contribution is 0.100.